The smallest absolute Gasteiger partial charge is 0.152 e. The van der Waals surface area contributed by atoms with Crippen molar-refractivity contribution in [3.8, 4) is 0 Å². The Morgan fingerprint density at radius 1 is 1.13 bits per heavy atom. The third-order valence-corrected chi connectivity index (χ3v) is 3.60. The standard InChI is InChI=1S/C14H24O/c1-11(15)5-6-12-7-9-13(10-8-12)14(2,3)4/h5-6,12-13H,7-10H2,1-4H3/b6-5+. The highest BCUT2D eigenvalue weighted by Gasteiger charge is 2.28. The average molecular weight is 208 g/mol. The Morgan fingerprint density at radius 2 is 1.67 bits per heavy atom. The van der Waals surface area contributed by atoms with Gasteiger partial charge in [0.15, 0.2) is 5.78 Å². The molecule has 0 saturated heterocycles. The van der Waals surface area contributed by atoms with Gasteiger partial charge in [-0.15, -0.1) is 0 Å². The van der Waals surface area contributed by atoms with Gasteiger partial charge in [0, 0.05) is 0 Å². The first-order valence-electron chi connectivity index (χ1n) is 6.08. The molecule has 1 heteroatoms. The number of rotatable bonds is 2. The summed E-state index contributed by atoms with van der Waals surface area (Å²) in [6.45, 7) is 8.63. The molecule has 1 aliphatic rings. The van der Waals surface area contributed by atoms with Gasteiger partial charge < -0.3 is 0 Å². The minimum Gasteiger partial charge on any atom is -0.295 e. The maximum absolute atomic E-state index is 10.8. The molecule has 0 bridgehead atoms. The molecule has 1 aliphatic carbocycles. The Hall–Kier alpha value is -0.590. The lowest BCUT2D eigenvalue weighted by molar-refractivity contribution is -0.112. The molecule has 86 valence electrons. The molecule has 1 saturated carbocycles. The topological polar surface area (TPSA) is 17.1 Å². The minimum absolute atomic E-state index is 0.174. The second-order valence-corrected chi connectivity index (χ2v) is 5.95. The van der Waals surface area contributed by atoms with E-state index in [1.165, 1.54) is 25.7 Å². The van der Waals surface area contributed by atoms with E-state index in [0.717, 1.165) is 5.92 Å². The van der Waals surface area contributed by atoms with Crippen molar-refractivity contribution in [3.63, 3.8) is 0 Å². The van der Waals surface area contributed by atoms with Gasteiger partial charge in [0.25, 0.3) is 0 Å². The molecule has 0 heterocycles. The summed E-state index contributed by atoms with van der Waals surface area (Å²) in [5.41, 5.74) is 0.454. The van der Waals surface area contributed by atoms with Gasteiger partial charge in [-0.05, 0) is 55.9 Å². The van der Waals surface area contributed by atoms with E-state index in [0.29, 0.717) is 11.3 Å². The molecule has 0 aromatic heterocycles. The van der Waals surface area contributed by atoms with Crippen molar-refractivity contribution in [2.45, 2.75) is 53.4 Å². The summed E-state index contributed by atoms with van der Waals surface area (Å²) in [7, 11) is 0. The molecule has 0 amide bonds. The monoisotopic (exact) mass is 208 g/mol. The highest BCUT2D eigenvalue weighted by atomic mass is 16.1. The quantitative estimate of drug-likeness (QED) is 0.627. The zero-order valence-electron chi connectivity index (χ0n) is 10.5. The van der Waals surface area contributed by atoms with Crippen LogP contribution in [0.5, 0.6) is 0 Å². The van der Waals surface area contributed by atoms with Crippen LogP contribution in [0.4, 0.5) is 0 Å². The number of carbonyl (C=O) groups excluding carboxylic acids is 1. The predicted octanol–water partition coefficient (Wildman–Crippen LogP) is 3.98. The van der Waals surface area contributed by atoms with E-state index in [9.17, 15) is 4.79 Å². The molecule has 0 aliphatic heterocycles. The lowest BCUT2D eigenvalue weighted by Crippen LogP contribution is -2.25. The third kappa shape index (κ3) is 4.19. The Kier molecular flexibility index (Phi) is 4.12. The summed E-state index contributed by atoms with van der Waals surface area (Å²) < 4.78 is 0. The fourth-order valence-electron chi connectivity index (χ4n) is 2.45. The molecule has 15 heavy (non-hydrogen) atoms. The van der Waals surface area contributed by atoms with Gasteiger partial charge in [0.05, 0.1) is 0 Å². The Bertz CT molecular complexity index is 237. The second kappa shape index (κ2) is 4.96. The first kappa shape index (κ1) is 12.5. The molecule has 0 radical (unpaired) electrons. The Morgan fingerprint density at radius 3 is 2.07 bits per heavy atom. The molecular weight excluding hydrogens is 184 g/mol. The Labute approximate surface area is 93.9 Å². The summed E-state index contributed by atoms with van der Waals surface area (Å²) in [5.74, 6) is 1.68. The first-order chi connectivity index (χ1) is 6.89. The number of hydrogen-bond donors (Lipinski definition) is 0. The van der Waals surface area contributed by atoms with E-state index in [1.807, 2.05) is 0 Å². The first-order valence-corrected chi connectivity index (χ1v) is 6.08. The lowest BCUT2D eigenvalue weighted by Gasteiger charge is -2.36. The molecule has 1 nitrogen and oxygen atoms in total. The van der Waals surface area contributed by atoms with Crippen LogP contribution in [-0.4, -0.2) is 5.78 Å². The highest BCUT2D eigenvalue weighted by Crippen LogP contribution is 2.39. The minimum atomic E-state index is 0.174. The van der Waals surface area contributed by atoms with E-state index in [1.54, 1.807) is 13.0 Å². The summed E-state index contributed by atoms with van der Waals surface area (Å²) in [6.07, 6.45) is 8.99. The van der Waals surface area contributed by atoms with Crippen LogP contribution in [0.15, 0.2) is 12.2 Å². The van der Waals surface area contributed by atoms with Crippen LogP contribution in [0.1, 0.15) is 53.4 Å². The molecular formula is C14H24O. The normalized spacial score (nSPS) is 28.3. The van der Waals surface area contributed by atoms with Crippen molar-refractivity contribution >= 4 is 5.78 Å². The van der Waals surface area contributed by atoms with Crippen LogP contribution < -0.4 is 0 Å². The molecule has 1 rings (SSSR count). The fourth-order valence-corrected chi connectivity index (χ4v) is 2.45. The maximum Gasteiger partial charge on any atom is 0.152 e. The van der Waals surface area contributed by atoms with Crippen LogP contribution in [0.2, 0.25) is 0 Å². The van der Waals surface area contributed by atoms with Crippen LogP contribution in [0.3, 0.4) is 0 Å². The summed E-state index contributed by atoms with van der Waals surface area (Å²) in [4.78, 5) is 10.8. The molecule has 0 N–H and O–H groups in total. The zero-order chi connectivity index (χ0) is 11.5. The van der Waals surface area contributed by atoms with Crippen molar-refractivity contribution in [1.82, 2.24) is 0 Å². The Balaban J connectivity index is 2.39. The van der Waals surface area contributed by atoms with E-state index >= 15 is 0 Å². The molecule has 0 spiro atoms. The molecule has 0 aromatic carbocycles. The predicted molar refractivity (Wildman–Crippen MR) is 64.7 cm³/mol. The van der Waals surface area contributed by atoms with Crippen molar-refractivity contribution in [1.29, 1.82) is 0 Å². The van der Waals surface area contributed by atoms with Gasteiger partial charge in [-0.3, -0.25) is 4.79 Å². The summed E-state index contributed by atoms with van der Waals surface area (Å²) in [6, 6.07) is 0. The van der Waals surface area contributed by atoms with E-state index in [-0.39, 0.29) is 5.78 Å². The van der Waals surface area contributed by atoms with Gasteiger partial charge in [-0.2, -0.15) is 0 Å². The van der Waals surface area contributed by atoms with Gasteiger partial charge in [0.2, 0.25) is 0 Å². The number of ketones is 1. The molecule has 0 atom stereocenters. The maximum atomic E-state index is 10.8. The zero-order valence-corrected chi connectivity index (χ0v) is 10.5. The summed E-state index contributed by atoms with van der Waals surface area (Å²) in [5, 5.41) is 0. The number of allylic oxidation sites excluding steroid dienone is 2. The molecule has 0 unspecified atom stereocenters. The molecule has 1 fully saturated rings. The number of carbonyl (C=O) groups is 1. The van der Waals surface area contributed by atoms with Crippen molar-refractivity contribution in [2.24, 2.45) is 17.3 Å². The SMILES string of the molecule is CC(=O)/C=C/C1CCC(C(C)(C)C)CC1. The van der Waals surface area contributed by atoms with Crippen molar-refractivity contribution in [3.05, 3.63) is 12.2 Å². The highest BCUT2D eigenvalue weighted by molar-refractivity contribution is 5.87. The van der Waals surface area contributed by atoms with E-state index in [2.05, 4.69) is 26.8 Å². The third-order valence-electron chi connectivity index (χ3n) is 3.60. The largest absolute Gasteiger partial charge is 0.295 e. The average Bonchev–Trinajstić information content (AvgIpc) is 2.14. The lowest BCUT2D eigenvalue weighted by atomic mass is 9.70. The van der Waals surface area contributed by atoms with Crippen molar-refractivity contribution < 1.29 is 4.79 Å². The van der Waals surface area contributed by atoms with Gasteiger partial charge >= 0.3 is 0 Å². The van der Waals surface area contributed by atoms with Crippen molar-refractivity contribution in [2.75, 3.05) is 0 Å². The van der Waals surface area contributed by atoms with Gasteiger partial charge in [-0.25, -0.2) is 0 Å². The molecule has 0 aromatic rings. The second-order valence-electron chi connectivity index (χ2n) is 5.95. The van der Waals surface area contributed by atoms with Gasteiger partial charge in [0.1, 0.15) is 0 Å². The van der Waals surface area contributed by atoms with E-state index in [4.69, 9.17) is 0 Å². The van der Waals surface area contributed by atoms with Crippen LogP contribution >= 0.6 is 0 Å². The fraction of sp³-hybridized carbons (Fsp3) is 0.786. The van der Waals surface area contributed by atoms with E-state index < -0.39 is 0 Å². The van der Waals surface area contributed by atoms with Crippen LogP contribution in [0, 0.1) is 17.3 Å². The summed E-state index contributed by atoms with van der Waals surface area (Å²) >= 11 is 0. The number of hydrogen-bond acceptors (Lipinski definition) is 1. The van der Waals surface area contributed by atoms with Crippen LogP contribution in [0.25, 0.3) is 0 Å². The van der Waals surface area contributed by atoms with Gasteiger partial charge in [-0.1, -0.05) is 26.8 Å². The van der Waals surface area contributed by atoms with Crippen LogP contribution in [-0.2, 0) is 4.79 Å².